The smallest absolute Gasteiger partial charge is 0.321 e. The van der Waals surface area contributed by atoms with Crippen molar-refractivity contribution in [2.75, 3.05) is 6.54 Å². The van der Waals surface area contributed by atoms with Crippen molar-refractivity contribution in [3.8, 4) is 0 Å². The molecule has 1 heterocycles. The van der Waals surface area contributed by atoms with E-state index in [4.69, 9.17) is 0 Å². The third-order valence-corrected chi connectivity index (χ3v) is 4.59. The van der Waals surface area contributed by atoms with Crippen LogP contribution in [0.15, 0.2) is 0 Å². The van der Waals surface area contributed by atoms with Crippen molar-refractivity contribution in [3.63, 3.8) is 0 Å². The van der Waals surface area contributed by atoms with Crippen LogP contribution in [-0.4, -0.2) is 34.6 Å². The lowest BCUT2D eigenvalue weighted by atomic mass is 9.86. The molecule has 3 heteroatoms. The molecular weight excluding hydrogens is 202 g/mol. The molecule has 0 aromatic rings. The van der Waals surface area contributed by atoms with Crippen molar-refractivity contribution in [2.24, 2.45) is 11.3 Å². The lowest BCUT2D eigenvalue weighted by Crippen LogP contribution is -2.49. The molecule has 1 aliphatic heterocycles. The van der Waals surface area contributed by atoms with E-state index in [1.54, 1.807) is 0 Å². The summed E-state index contributed by atoms with van der Waals surface area (Å²) in [7, 11) is 0. The Hall–Kier alpha value is -0.570. The largest absolute Gasteiger partial charge is 0.480 e. The van der Waals surface area contributed by atoms with Crippen LogP contribution in [0.2, 0.25) is 0 Å². The SMILES string of the molecule is CC1CCN(C2CCCC2(C)C)C1C(=O)O. The van der Waals surface area contributed by atoms with Gasteiger partial charge in [-0.3, -0.25) is 9.69 Å². The predicted octanol–water partition coefficient (Wildman–Crippen LogP) is 2.36. The highest BCUT2D eigenvalue weighted by Crippen LogP contribution is 2.43. The first kappa shape index (κ1) is 11.9. The average molecular weight is 225 g/mol. The Morgan fingerprint density at radius 3 is 2.56 bits per heavy atom. The summed E-state index contributed by atoms with van der Waals surface area (Å²) >= 11 is 0. The highest BCUT2D eigenvalue weighted by Gasteiger charge is 2.46. The Morgan fingerprint density at radius 1 is 1.38 bits per heavy atom. The van der Waals surface area contributed by atoms with Crippen molar-refractivity contribution in [3.05, 3.63) is 0 Å². The molecule has 0 radical (unpaired) electrons. The molecule has 1 saturated heterocycles. The summed E-state index contributed by atoms with van der Waals surface area (Å²) in [6.45, 7) is 7.60. The quantitative estimate of drug-likeness (QED) is 0.784. The van der Waals surface area contributed by atoms with Crippen LogP contribution in [0.25, 0.3) is 0 Å². The molecule has 2 aliphatic rings. The van der Waals surface area contributed by atoms with Crippen LogP contribution in [-0.2, 0) is 4.79 Å². The molecule has 92 valence electrons. The zero-order chi connectivity index (χ0) is 11.9. The van der Waals surface area contributed by atoms with Gasteiger partial charge in [0.2, 0.25) is 0 Å². The first-order valence-corrected chi connectivity index (χ1v) is 6.42. The number of nitrogens with zero attached hydrogens (tertiary/aromatic N) is 1. The minimum absolute atomic E-state index is 0.248. The molecule has 2 rings (SSSR count). The van der Waals surface area contributed by atoms with Gasteiger partial charge in [0.15, 0.2) is 0 Å². The fraction of sp³-hybridized carbons (Fsp3) is 0.923. The van der Waals surface area contributed by atoms with E-state index in [9.17, 15) is 9.90 Å². The summed E-state index contributed by atoms with van der Waals surface area (Å²) in [4.78, 5) is 13.6. The number of carboxylic acid groups (broad SMARTS) is 1. The van der Waals surface area contributed by atoms with E-state index in [0.29, 0.717) is 12.0 Å². The maximum atomic E-state index is 11.3. The molecule has 3 atom stereocenters. The molecule has 0 spiro atoms. The van der Waals surface area contributed by atoms with Crippen LogP contribution >= 0.6 is 0 Å². The van der Waals surface area contributed by atoms with Gasteiger partial charge in [-0.15, -0.1) is 0 Å². The molecule has 0 aromatic heterocycles. The van der Waals surface area contributed by atoms with Crippen LogP contribution in [0, 0.1) is 11.3 Å². The number of carboxylic acids is 1. The van der Waals surface area contributed by atoms with Crippen LogP contribution in [0.3, 0.4) is 0 Å². The molecule has 0 bridgehead atoms. The van der Waals surface area contributed by atoms with Crippen molar-refractivity contribution in [1.82, 2.24) is 4.90 Å². The number of hydrogen-bond acceptors (Lipinski definition) is 2. The van der Waals surface area contributed by atoms with Gasteiger partial charge in [0.05, 0.1) is 0 Å². The third-order valence-electron chi connectivity index (χ3n) is 4.59. The summed E-state index contributed by atoms with van der Waals surface area (Å²) < 4.78 is 0. The lowest BCUT2D eigenvalue weighted by molar-refractivity contribution is -0.144. The van der Waals surface area contributed by atoms with Crippen molar-refractivity contribution < 1.29 is 9.90 Å². The number of hydrogen-bond donors (Lipinski definition) is 1. The maximum Gasteiger partial charge on any atom is 0.321 e. The topological polar surface area (TPSA) is 40.5 Å². The van der Waals surface area contributed by atoms with Gasteiger partial charge in [-0.2, -0.15) is 0 Å². The van der Waals surface area contributed by atoms with Gasteiger partial charge >= 0.3 is 5.97 Å². The van der Waals surface area contributed by atoms with Gasteiger partial charge in [0, 0.05) is 6.04 Å². The fourth-order valence-corrected chi connectivity index (χ4v) is 3.63. The second-order valence-corrected chi connectivity index (χ2v) is 6.18. The molecule has 1 aliphatic carbocycles. The Kier molecular flexibility index (Phi) is 2.99. The Bertz CT molecular complexity index is 288. The second-order valence-electron chi connectivity index (χ2n) is 6.18. The van der Waals surface area contributed by atoms with E-state index < -0.39 is 5.97 Å². The normalized spacial score (nSPS) is 39.1. The van der Waals surface area contributed by atoms with Gasteiger partial charge < -0.3 is 5.11 Å². The summed E-state index contributed by atoms with van der Waals surface area (Å²) in [5.74, 6) is -0.332. The monoisotopic (exact) mass is 225 g/mol. The fourth-order valence-electron chi connectivity index (χ4n) is 3.63. The van der Waals surface area contributed by atoms with Gasteiger partial charge in [-0.1, -0.05) is 27.2 Å². The van der Waals surface area contributed by atoms with Crippen LogP contribution in [0.5, 0.6) is 0 Å². The van der Waals surface area contributed by atoms with Crippen LogP contribution in [0.4, 0.5) is 0 Å². The van der Waals surface area contributed by atoms with E-state index >= 15 is 0 Å². The maximum absolute atomic E-state index is 11.3. The second kappa shape index (κ2) is 4.02. The number of aliphatic carboxylic acids is 1. The number of likely N-dealkylation sites (tertiary alicyclic amines) is 1. The van der Waals surface area contributed by atoms with E-state index in [0.717, 1.165) is 13.0 Å². The summed E-state index contributed by atoms with van der Waals surface area (Å²) in [6.07, 6.45) is 4.68. The average Bonchev–Trinajstić information content (AvgIpc) is 2.68. The summed E-state index contributed by atoms with van der Waals surface area (Å²) in [6, 6.07) is 0.223. The van der Waals surface area contributed by atoms with Gasteiger partial charge in [-0.05, 0) is 37.1 Å². The summed E-state index contributed by atoms with van der Waals surface area (Å²) in [5, 5.41) is 9.34. The minimum atomic E-state index is -0.632. The molecule has 3 unspecified atom stereocenters. The van der Waals surface area contributed by atoms with E-state index in [-0.39, 0.29) is 11.5 Å². The van der Waals surface area contributed by atoms with Crippen molar-refractivity contribution >= 4 is 5.97 Å². The number of rotatable bonds is 2. The van der Waals surface area contributed by atoms with Crippen molar-refractivity contribution in [1.29, 1.82) is 0 Å². The van der Waals surface area contributed by atoms with Crippen LogP contribution in [0.1, 0.15) is 46.5 Å². The molecule has 0 aromatic carbocycles. The highest BCUT2D eigenvalue weighted by atomic mass is 16.4. The van der Waals surface area contributed by atoms with Gasteiger partial charge in [0.1, 0.15) is 6.04 Å². The zero-order valence-corrected chi connectivity index (χ0v) is 10.6. The first-order chi connectivity index (χ1) is 7.43. The Balaban J connectivity index is 2.17. The molecule has 2 fully saturated rings. The number of carbonyl (C=O) groups is 1. The van der Waals surface area contributed by atoms with E-state index in [1.807, 2.05) is 0 Å². The minimum Gasteiger partial charge on any atom is -0.480 e. The predicted molar refractivity (Wildman–Crippen MR) is 63.3 cm³/mol. The Labute approximate surface area is 97.8 Å². The molecule has 1 saturated carbocycles. The summed E-state index contributed by atoms with van der Waals surface area (Å²) in [5.41, 5.74) is 0.289. The molecule has 0 amide bonds. The highest BCUT2D eigenvalue weighted by molar-refractivity contribution is 5.74. The molecule has 3 nitrogen and oxygen atoms in total. The molecular formula is C13H23NO2. The van der Waals surface area contributed by atoms with E-state index in [2.05, 4.69) is 25.7 Å². The van der Waals surface area contributed by atoms with E-state index in [1.165, 1.54) is 19.3 Å². The molecule has 1 N–H and O–H groups in total. The first-order valence-electron chi connectivity index (χ1n) is 6.42. The third kappa shape index (κ3) is 1.86. The van der Waals surface area contributed by atoms with Crippen LogP contribution < -0.4 is 0 Å². The lowest BCUT2D eigenvalue weighted by Gasteiger charge is -2.37. The standard InChI is InChI=1S/C13H23NO2/c1-9-6-8-14(11(9)12(15)16)10-5-4-7-13(10,2)3/h9-11H,4-8H2,1-3H3,(H,15,16). The molecule has 16 heavy (non-hydrogen) atoms. The zero-order valence-electron chi connectivity index (χ0n) is 10.6. The Morgan fingerprint density at radius 2 is 2.06 bits per heavy atom. The van der Waals surface area contributed by atoms with Crippen molar-refractivity contribution in [2.45, 2.75) is 58.5 Å². The van der Waals surface area contributed by atoms with Gasteiger partial charge in [0.25, 0.3) is 0 Å². The van der Waals surface area contributed by atoms with Gasteiger partial charge in [-0.25, -0.2) is 0 Å².